The molecule has 0 unspecified atom stereocenters. The third kappa shape index (κ3) is 4.35. The number of rotatable bonds is 6. The Bertz CT molecular complexity index is 1240. The highest BCUT2D eigenvalue weighted by molar-refractivity contribution is 8.54. The maximum Gasteiger partial charge on any atom is 0.160 e. The molecule has 0 amide bonds. The molecule has 0 saturated heterocycles. The van der Waals surface area contributed by atoms with E-state index < -0.39 is 13.5 Å². The summed E-state index contributed by atoms with van der Waals surface area (Å²) in [4.78, 5) is 0. The Morgan fingerprint density at radius 2 is 0.676 bits per heavy atom. The lowest BCUT2D eigenvalue weighted by molar-refractivity contribution is 1.73. The van der Waals surface area contributed by atoms with Crippen LogP contribution in [-0.2, 0) is 0 Å². The summed E-state index contributed by atoms with van der Waals surface area (Å²) in [7, 11) is 1.49. The first-order valence-electron chi connectivity index (χ1n) is 11.5. The van der Waals surface area contributed by atoms with Gasteiger partial charge in [-0.25, -0.2) is 0 Å². The Kier molecular flexibility index (Phi) is 6.94. The molecule has 0 heterocycles. The van der Waals surface area contributed by atoms with Crippen LogP contribution in [0.1, 0.15) is 0 Å². The maximum absolute atomic E-state index is 2.53. The van der Waals surface area contributed by atoms with Crippen molar-refractivity contribution in [3.8, 4) is 0 Å². The lowest BCUT2D eigenvalue weighted by atomic mass is 10.4. The average Bonchev–Trinajstić information content (AvgIpc) is 2.94. The topological polar surface area (TPSA) is 0 Å². The Hall–Kier alpha value is -2.74. The van der Waals surface area contributed by atoms with E-state index in [9.17, 15) is 0 Å². The smallest absolute Gasteiger partial charge is 0.0622 e. The van der Waals surface area contributed by atoms with Crippen LogP contribution in [0.3, 0.4) is 0 Å². The summed E-state index contributed by atoms with van der Waals surface area (Å²) in [6.07, 6.45) is 0. The van der Waals surface area contributed by atoms with Gasteiger partial charge in [-0.3, -0.25) is 0 Å². The molecule has 0 saturated carbocycles. The van der Waals surface area contributed by atoms with Crippen molar-refractivity contribution in [2.75, 3.05) is 6.66 Å². The van der Waals surface area contributed by atoms with Gasteiger partial charge in [0.15, 0.2) is 6.95 Å². The molecule has 0 atom stereocenters. The normalized spacial score (nSPS) is 11.9. The van der Waals surface area contributed by atoms with Gasteiger partial charge in [-0.2, -0.15) is 0 Å². The molecule has 0 radical (unpaired) electrons. The van der Waals surface area contributed by atoms with Crippen molar-refractivity contribution in [1.29, 1.82) is 0 Å². The highest BCUT2D eigenvalue weighted by atomic mass is 32.3. The van der Waals surface area contributed by atoms with Gasteiger partial charge in [0.25, 0.3) is 0 Å². The van der Waals surface area contributed by atoms with Gasteiger partial charge in [0, 0.05) is 6.55 Å². The summed E-state index contributed by atoms with van der Waals surface area (Å²) in [5, 5.41) is 7.22. The fourth-order valence-electron chi connectivity index (χ4n) is 4.49. The lowest BCUT2D eigenvalue weighted by Gasteiger charge is -2.29. The largest absolute Gasteiger partial charge is 0.160 e. The second-order valence-corrected chi connectivity index (χ2v) is 20.7. The summed E-state index contributed by atoms with van der Waals surface area (Å²) in [6, 6.07) is 56.1. The van der Waals surface area contributed by atoms with Gasteiger partial charge in [-0.15, -0.1) is 0 Å². The third-order valence-corrected chi connectivity index (χ3v) is 23.6. The molecule has 0 aliphatic heterocycles. The van der Waals surface area contributed by atoms with Crippen molar-refractivity contribution < 1.29 is 0 Å². The molecule has 0 aliphatic rings. The highest BCUT2D eigenvalue weighted by Gasteiger charge is 2.47. The Balaban J connectivity index is 1.96. The fourth-order valence-corrected chi connectivity index (χ4v) is 24.7. The molecule has 0 N–H and O–H groups in total. The van der Waals surface area contributed by atoms with Crippen molar-refractivity contribution in [2.24, 2.45) is 0 Å². The van der Waals surface area contributed by atoms with E-state index in [4.69, 9.17) is 0 Å². The Morgan fingerprint density at radius 3 is 0.971 bits per heavy atom. The van der Waals surface area contributed by atoms with Crippen LogP contribution < -0.4 is 26.5 Å². The third-order valence-electron chi connectivity index (χ3n) is 6.22. The predicted molar refractivity (Wildman–Crippen MR) is 157 cm³/mol. The molecule has 0 aromatic heterocycles. The first-order chi connectivity index (χ1) is 16.7. The fraction of sp³-hybridized carbons (Fsp3) is 0.0323. The van der Waals surface area contributed by atoms with Crippen molar-refractivity contribution >= 4 is 47.6 Å². The minimum absolute atomic E-state index is 1.44. The second kappa shape index (κ2) is 10.3. The summed E-state index contributed by atoms with van der Waals surface area (Å²) < 4.78 is 0. The molecule has 0 bridgehead atoms. The zero-order chi connectivity index (χ0) is 23.3. The van der Waals surface area contributed by atoms with Gasteiger partial charge in [0.1, 0.15) is 23.5 Å². The van der Waals surface area contributed by atoms with Crippen molar-refractivity contribution in [3.05, 3.63) is 152 Å². The molecule has 5 aromatic rings. The first kappa shape index (κ1) is 23.0. The molecule has 0 fully saturated rings. The molecule has 3 heteroatoms. The summed E-state index contributed by atoms with van der Waals surface area (Å²) >= 11 is 0. The molecular weight excluding hydrogens is 465 g/mol. The van der Waals surface area contributed by atoms with E-state index in [0.29, 0.717) is 0 Å². The molecule has 5 rings (SSSR count). The standard InChI is InChI=1S/C31H28P3/c1-33(27-17-7-2-8-18-27,28-19-9-3-10-20-28)32-34(29-21-11-4-12-22-29,30-23-13-5-14-24-30)31-25-15-6-16-26-31/h2-26H,1H3/q+1. The molecular formula is C31H28P3+. The van der Waals surface area contributed by atoms with E-state index in [2.05, 4.69) is 158 Å². The van der Waals surface area contributed by atoms with Gasteiger partial charge in [-0.05, 0) is 53.7 Å². The first-order valence-corrected chi connectivity index (χ1v) is 17.8. The van der Waals surface area contributed by atoms with E-state index in [1.807, 2.05) is 0 Å². The van der Waals surface area contributed by atoms with Gasteiger partial charge < -0.3 is 0 Å². The van der Waals surface area contributed by atoms with Crippen LogP contribution in [0.25, 0.3) is 0 Å². The van der Waals surface area contributed by atoms with E-state index in [1.54, 1.807) is 0 Å². The zero-order valence-electron chi connectivity index (χ0n) is 19.3. The zero-order valence-corrected chi connectivity index (χ0v) is 22.0. The molecule has 0 aliphatic carbocycles. The number of benzene rings is 5. The van der Waals surface area contributed by atoms with Crippen molar-refractivity contribution in [2.45, 2.75) is 0 Å². The van der Waals surface area contributed by atoms with Gasteiger partial charge in [0.05, 0.1) is 0 Å². The van der Waals surface area contributed by atoms with Gasteiger partial charge in [0.2, 0.25) is 0 Å². The lowest BCUT2D eigenvalue weighted by Crippen LogP contribution is -2.28. The minimum atomic E-state index is -1.98. The van der Waals surface area contributed by atoms with Gasteiger partial charge >= 0.3 is 0 Å². The molecule has 166 valence electrons. The average molecular weight is 493 g/mol. The minimum Gasteiger partial charge on any atom is -0.0622 e. The van der Waals surface area contributed by atoms with Crippen LogP contribution in [-0.4, -0.2) is 6.66 Å². The van der Waals surface area contributed by atoms with Crippen LogP contribution in [0.5, 0.6) is 0 Å². The Morgan fingerprint density at radius 1 is 0.412 bits per heavy atom. The van der Waals surface area contributed by atoms with Crippen LogP contribution in [0, 0.1) is 0 Å². The van der Waals surface area contributed by atoms with E-state index >= 15 is 0 Å². The van der Waals surface area contributed by atoms with Crippen molar-refractivity contribution in [1.82, 2.24) is 0 Å². The van der Waals surface area contributed by atoms with Crippen molar-refractivity contribution in [3.63, 3.8) is 0 Å². The van der Waals surface area contributed by atoms with Gasteiger partial charge in [-0.1, -0.05) is 115 Å². The van der Waals surface area contributed by atoms with Crippen LogP contribution in [0.2, 0.25) is 0 Å². The van der Waals surface area contributed by atoms with E-state index in [1.165, 1.54) is 34.1 Å². The molecule has 0 spiro atoms. The maximum atomic E-state index is 2.53. The number of hydrogen-bond acceptors (Lipinski definition) is 0. The summed E-state index contributed by atoms with van der Waals surface area (Å²) in [5.74, 6) is 0. The second-order valence-electron chi connectivity index (χ2n) is 8.36. The molecule has 34 heavy (non-hydrogen) atoms. The van der Waals surface area contributed by atoms with Crippen LogP contribution in [0.4, 0.5) is 0 Å². The molecule has 0 nitrogen and oxygen atoms in total. The molecule has 5 aromatic carbocycles. The highest BCUT2D eigenvalue weighted by Crippen LogP contribution is 2.76. The predicted octanol–water partition coefficient (Wildman–Crippen LogP) is 7.06. The number of hydrogen-bond donors (Lipinski definition) is 0. The quantitative estimate of drug-likeness (QED) is 0.222. The van der Waals surface area contributed by atoms with Crippen LogP contribution >= 0.6 is 21.1 Å². The summed E-state index contributed by atoms with van der Waals surface area (Å²) in [5.41, 5.74) is 0. The van der Waals surface area contributed by atoms with E-state index in [0.717, 1.165) is 0 Å². The monoisotopic (exact) mass is 493 g/mol. The van der Waals surface area contributed by atoms with Crippen LogP contribution in [0.15, 0.2) is 152 Å². The summed E-state index contributed by atoms with van der Waals surface area (Å²) in [6.45, 7) is -1.22. The SMILES string of the molecule is CP(=P[P+](c1ccccc1)(c1ccccc1)c1ccccc1)(c1ccccc1)c1ccccc1. The van der Waals surface area contributed by atoms with E-state index in [-0.39, 0.29) is 0 Å². The Labute approximate surface area is 205 Å².